The summed E-state index contributed by atoms with van der Waals surface area (Å²) in [6.07, 6.45) is 1.61. The molecule has 1 aliphatic rings. The van der Waals surface area contributed by atoms with Gasteiger partial charge in [-0.05, 0) is 23.8 Å². The van der Waals surface area contributed by atoms with Gasteiger partial charge >= 0.3 is 0 Å². The van der Waals surface area contributed by atoms with Gasteiger partial charge in [-0.25, -0.2) is 4.39 Å². The number of thiocarbonyl (C=S) groups is 1. The third kappa shape index (κ3) is 2.43. The van der Waals surface area contributed by atoms with Crippen LogP contribution in [0.25, 0.3) is 6.08 Å². The number of hydrogen-bond acceptors (Lipinski definition) is 3. The average Bonchev–Trinajstić information content (AvgIpc) is 2.45. The zero-order valence-electron chi connectivity index (χ0n) is 7.49. The van der Waals surface area contributed by atoms with E-state index in [4.69, 9.17) is 12.2 Å². The quantitative estimate of drug-likeness (QED) is 0.602. The molecule has 1 amide bonds. The van der Waals surface area contributed by atoms with Crippen molar-refractivity contribution in [1.29, 1.82) is 0 Å². The Bertz CT molecular complexity index is 470. The maximum Gasteiger partial charge on any atom is 0.263 e. The molecule has 1 N–H and O–H groups in total. The molecule has 0 bridgehead atoms. The van der Waals surface area contributed by atoms with E-state index in [1.807, 2.05) is 0 Å². The molecule has 76 valence electrons. The van der Waals surface area contributed by atoms with Crippen molar-refractivity contribution in [1.82, 2.24) is 5.32 Å². The lowest BCUT2D eigenvalue weighted by Gasteiger charge is -1.94. The standard InChI is InChI=1S/C10H6FNOS2/c11-7-3-1-2-6(4-7)5-8-9(13)12-10(14)15-8/h1-5H,(H,12,13,14)/b8-5+. The Labute approximate surface area is 95.6 Å². The Morgan fingerprint density at radius 1 is 1.47 bits per heavy atom. The number of nitrogens with one attached hydrogen (secondary N) is 1. The van der Waals surface area contributed by atoms with E-state index in [2.05, 4.69) is 5.32 Å². The average molecular weight is 239 g/mol. The maximum absolute atomic E-state index is 12.9. The largest absolute Gasteiger partial charge is 0.307 e. The molecule has 1 aromatic rings. The molecule has 1 saturated heterocycles. The Morgan fingerprint density at radius 2 is 2.27 bits per heavy atom. The summed E-state index contributed by atoms with van der Waals surface area (Å²) >= 11 is 6.02. The molecule has 1 heterocycles. The molecule has 2 rings (SSSR count). The normalized spacial score (nSPS) is 18.3. The Balaban J connectivity index is 2.31. The van der Waals surface area contributed by atoms with Gasteiger partial charge in [0.1, 0.15) is 10.1 Å². The van der Waals surface area contributed by atoms with Crippen molar-refractivity contribution < 1.29 is 9.18 Å². The third-order valence-corrected chi connectivity index (χ3v) is 2.95. The molecule has 0 atom stereocenters. The molecular weight excluding hydrogens is 233 g/mol. The van der Waals surface area contributed by atoms with Gasteiger partial charge in [0.25, 0.3) is 5.91 Å². The minimum atomic E-state index is -0.324. The van der Waals surface area contributed by atoms with Crippen LogP contribution >= 0.6 is 24.0 Å². The summed E-state index contributed by atoms with van der Waals surface area (Å²) in [6, 6.07) is 6.04. The van der Waals surface area contributed by atoms with Crippen LogP contribution in [-0.4, -0.2) is 10.2 Å². The SMILES string of the molecule is O=C1NC(=S)S/C1=C/c1cccc(F)c1. The molecule has 0 spiro atoms. The summed E-state index contributed by atoms with van der Waals surface area (Å²) in [5.41, 5.74) is 0.650. The van der Waals surface area contributed by atoms with Crippen LogP contribution in [0.2, 0.25) is 0 Å². The zero-order valence-corrected chi connectivity index (χ0v) is 9.12. The van der Waals surface area contributed by atoms with Gasteiger partial charge < -0.3 is 5.32 Å². The van der Waals surface area contributed by atoms with Crippen LogP contribution in [0, 0.1) is 5.82 Å². The van der Waals surface area contributed by atoms with Crippen molar-refractivity contribution in [2.75, 3.05) is 0 Å². The molecule has 0 radical (unpaired) electrons. The third-order valence-electron chi connectivity index (χ3n) is 1.79. The van der Waals surface area contributed by atoms with E-state index in [0.717, 1.165) is 0 Å². The Kier molecular flexibility index (Phi) is 2.83. The first-order valence-corrected chi connectivity index (χ1v) is 5.38. The highest BCUT2D eigenvalue weighted by Crippen LogP contribution is 2.25. The van der Waals surface area contributed by atoms with E-state index in [0.29, 0.717) is 14.8 Å². The summed E-state index contributed by atoms with van der Waals surface area (Å²) < 4.78 is 13.3. The van der Waals surface area contributed by atoms with Crippen molar-refractivity contribution in [3.05, 3.63) is 40.6 Å². The van der Waals surface area contributed by atoms with Gasteiger partial charge in [0.05, 0.1) is 4.91 Å². The second kappa shape index (κ2) is 4.12. The number of thioether (sulfide) groups is 1. The van der Waals surface area contributed by atoms with E-state index in [1.54, 1.807) is 18.2 Å². The first kappa shape index (κ1) is 10.3. The van der Waals surface area contributed by atoms with Gasteiger partial charge in [-0.3, -0.25) is 4.79 Å². The van der Waals surface area contributed by atoms with Crippen LogP contribution in [0.4, 0.5) is 4.39 Å². The van der Waals surface area contributed by atoms with Crippen molar-refractivity contribution in [3.63, 3.8) is 0 Å². The highest BCUT2D eigenvalue weighted by Gasteiger charge is 2.21. The second-order valence-electron chi connectivity index (χ2n) is 2.91. The van der Waals surface area contributed by atoms with Crippen LogP contribution < -0.4 is 5.32 Å². The van der Waals surface area contributed by atoms with Gasteiger partial charge in [0, 0.05) is 0 Å². The lowest BCUT2D eigenvalue weighted by molar-refractivity contribution is -0.115. The summed E-state index contributed by atoms with van der Waals surface area (Å²) in [5, 5.41) is 2.50. The fraction of sp³-hybridized carbons (Fsp3) is 0. The molecule has 1 aliphatic heterocycles. The first-order chi connectivity index (χ1) is 7.15. The molecule has 1 fully saturated rings. The molecule has 0 aliphatic carbocycles. The van der Waals surface area contributed by atoms with Crippen LogP contribution in [-0.2, 0) is 4.79 Å². The van der Waals surface area contributed by atoms with E-state index in [-0.39, 0.29) is 11.7 Å². The predicted molar refractivity (Wildman–Crippen MR) is 62.7 cm³/mol. The fourth-order valence-electron chi connectivity index (χ4n) is 1.17. The van der Waals surface area contributed by atoms with Gasteiger partial charge in [0.2, 0.25) is 0 Å². The highest BCUT2D eigenvalue weighted by atomic mass is 32.2. The number of rotatable bonds is 1. The van der Waals surface area contributed by atoms with Crippen molar-refractivity contribution in [2.45, 2.75) is 0 Å². The predicted octanol–water partition coefficient (Wildman–Crippen LogP) is 2.31. The number of carbonyl (C=O) groups is 1. The van der Waals surface area contributed by atoms with Crippen molar-refractivity contribution in [3.8, 4) is 0 Å². The number of halogens is 1. The van der Waals surface area contributed by atoms with Gasteiger partial charge in [-0.2, -0.15) is 0 Å². The molecule has 0 unspecified atom stereocenters. The monoisotopic (exact) mass is 239 g/mol. The lowest BCUT2D eigenvalue weighted by atomic mass is 10.2. The highest BCUT2D eigenvalue weighted by molar-refractivity contribution is 8.26. The van der Waals surface area contributed by atoms with E-state index in [9.17, 15) is 9.18 Å². The number of benzene rings is 1. The number of hydrogen-bond donors (Lipinski definition) is 1. The van der Waals surface area contributed by atoms with Crippen molar-refractivity contribution >= 4 is 40.3 Å². The molecule has 2 nitrogen and oxygen atoms in total. The van der Waals surface area contributed by atoms with E-state index >= 15 is 0 Å². The molecule has 1 aromatic carbocycles. The topological polar surface area (TPSA) is 29.1 Å². The molecule has 5 heteroatoms. The zero-order chi connectivity index (χ0) is 10.8. The number of amides is 1. The Hall–Kier alpha value is -1.20. The van der Waals surface area contributed by atoms with Crippen LogP contribution in [0.1, 0.15) is 5.56 Å². The van der Waals surface area contributed by atoms with Gasteiger partial charge in [0.15, 0.2) is 0 Å². The Morgan fingerprint density at radius 3 is 2.87 bits per heavy atom. The first-order valence-electron chi connectivity index (χ1n) is 4.15. The van der Waals surface area contributed by atoms with E-state index in [1.165, 1.54) is 23.9 Å². The molecular formula is C10H6FNOS2. The molecule has 0 aromatic heterocycles. The van der Waals surface area contributed by atoms with Crippen LogP contribution in [0.15, 0.2) is 29.2 Å². The van der Waals surface area contributed by atoms with Crippen molar-refractivity contribution in [2.24, 2.45) is 0 Å². The second-order valence-corrected chi connectivity index (χ2v) is 4.63. The molecule has 15 heavy (non-hydrogen) atoms. The van der Waals surface area contributed by atoms with Crippen LogP contribution in [0.3, 0.4) is 0 Å². The number of carbonyl (C=O) groups excluding carboxylic acids is 1. The fourth-order valence-corrected chi connectivity index (χ4v) is 2.21. The summed E-state index contributed by atoms with van der Waals surface area (Å²) in [5.74, 6) is -0.551. The summed E-state index contributed by atoms with van der Waals surface area (Å²) in [4.78, 5) is 11.8. The lowest BCUT2D eigenvalue weighted by Crippen LogP contribution is -2.17. The van der Waals surface area contributed by atoms with Crippen LogP contribution in [0.5, 0.6) is 0 Å². The molecule has 0 saturated carbocycles. The van der Waals surface area contributed by atoms with Gasteiger partial charge in [-0.1, -0.05) is 36.1 Å². The van der Waals surface area contributed by atoms with Gasteiger partial charge in [-0.15, -0.1) is 0 Å². The van der Waals surface area contributed by atoms with E-state index < -0.39 is 0 Å². The summed E-state index contributed by atoms with van der Waals surface area (Å²) in [6.45, 7) is 0. The smallest absolute Gasteiger partial charge is 0.263 e. The minimum absolute atomic E-state index is 0.228. The minimum Gasteiger partial charge on any atom is -0.307 e. The summed E-state index contributed by atoms with van der Waals surface area (Å²) in [7, 11) is 0. The maximum atomic E-state index is 12.9.